The second-order valence-electron chi connectivity index (χ2n) is 9.38. The summed E-state index contributed by atoms with van der Waals surface area (Å²) in [5.74, 6) is 0.853. The highest BCUT2D eigenvalue weighted by molar-refractivity contribution is 7.89. The molecule has 0 aliphatic carbocycles. The van der Waals surface area contributed by atoms with Gasteiger partial charge < -0.3 is 9.80 Å². The molecule has 0 unspecified atom stereocenters. The molecule has 2 saturated heterocycles. The van der Waals surface area contributed by atoms with Crippen molar-refractivity contribution >= 4 is 21.5 Å². The molecule has 2 aliphatic heterocycles. The van der Waals surface area contributed by atoms with Crippen LogP contribution in [0.3, 0.4) is 0 Å². The summed E-state index contributed by atoms with van der Waals surface area (Å²) in [7, 11) is -3.53. The Kier molecular flexibility index (Phi) is 7.02. The van der Waals surface area contributed by atoms with E-state index in [0.717, 1.165) is 68.8 Å². The number of benzene rings is 2. The van der Waals surface area contributed by atoms with E-state index < -0.39 is 10.0 Å². The van der Waals surface area contributed by atoms with Crippen LogP contribution >= 0.6 is 0 Å². The molecule has 8 heteroatoms. The van der Waals surface area contributed by atoms with Gasteiger partial charge in [-0.15, -0.1) is 10.2 Å². The van der Waals surface area contributed by atoms with E-state index >= 15 is 0 Å². The molecule has 3 heterocycles. The predicted octanol–water partition coefficient (Wildman–Crippen LogP) is 4.34. The van der Waals surface area contributed by atoms with Crippen LogP contribution in [-0.2, 0) is 10.0 Å². The lowest BCUT2D eigenvalue weighted by Gasteiger charge is -2.36. The molecular weight excluding hydrogens is 458 g/mol. The standard InChI is InChI=1S/C27H33N5O2S/c1-22-11-12-23(21-26(22)35(33,34)32-15-7-2-3-8-16-32)25-13-14-27(29-28-25)31-19-17-30(18-20-31)24-9-5-4-6-10-24/h4-6,9-14,21H,2-3,7-8,15-20H2,1H3. The zero-order chi connectivity index (χ0) is 24.3. The van der Waals surface area contributed by atoms with Crippen LogP contribution in [0.25, 0.3) is 11.3 Å². The van der Waals surface area contributed by atoms with Gasteiger partial charge in [-0.05, 0) is 55.7 Å². The zero-order valence-corrected chi connectivity index (χ0v) is 21.1. The average Bonchev–Trinajstić information content (AvgIpc) is 3.20. The van der Waals surface area contributed by atoms with Crippen molar-refractivity contribution in [3.63, 3.8) is 0 Å². The van der Waals surface area contributed by atoms with Crippen LogP contribution in [-0.4, -0.2) is 62.2 Å². The number of aryl methyl sites for hydroxylation is 1. The first-order valence-corrected chi connectivity index (χ1v) is 14.0. The summed E-state index contributed by atoms with van der Waals surface area (Å²) < 4.78 is 28.5. The molecule has 2 fully saturated rings. The molecule has 0 bridgehead atoms. The first-order valence-electron chi connectivity index (χ1n) is 12.5. The summed E-state index contributed by atoms with van der Waals surface area (Å²) in [5.41, 5.74) is 3.47. The van der Waals surface area contributed by atoms with E-state index in [2.05, 4.69) is 44.3 Å². The Morgan fingerprint density at radius 3 is 2.06 bits per heavy atom. The first kappa shape index (κ1) is 23.8. The van der Waals surface area contributed by atoms with Crippen LogP contribution < -0.4 is 9.80 Å². The fourth-order valence-electron chi connectivity index (χ4n) is 4.94. The number of aromatic nitrogens is 2. The van der Waals surface area contributed by atoms with Crippen molar-refractivity contribution in [2.24, 2.45) is 0 Å². The minimum Gasteiger partial charge on any atom is -0.368 e. The lowest BCUT2D eigenvalue weighted by molar-refractivity contribution is 0.423. The van der Waals surface area contributed by atoms with Crippen LogP contribution in [0.5, 0.6) is 0 Å². The van der Waals surface area contributed by atoms with Gasteiger partial charge in [0.05, 0.1) is 10.6 Å². The van der Waals surface area contributed by atoms with E-state index in [0.29, 0.717) is 23.7 Å². The largest absolute Gasteiger partial charge is 0.368 e. The Morgan fingerprint density at radius 2 is 1.40 bits per heavy atom. The minimum absolute atomic E-state index is 0.375. The van der Waals surface area contributed by atoms with Gasteiger partial charge in [0.25, 0.3) is 0 Å². The summed E-state index contributed by atoms with van der Waals surface area (Å²) in [6.45, 7) is 6.68. The van der Waals surface area contributed by atoms with Gasteiger partial charge in [0.2, 0.25) is 10.0 Å². The third-order valence-electron chi connectivity index (χ3n) is 7.04. The summed E-state index contributed by atoms with van der Waals surface area (Å²) in [6.07, 6.45) is 4.03. The van der Waals surface area contributed by atoms with Crippen LogP contribution in [0.4, 0.5) is 11.5 Å². The molecular formula is C27H33N5O2S. The van der Waals surface area contributed by atoms with Gasteiger partial charge >= 0.3 is 0 Å². The summed E-state index contributed by atoms with van der Waals surface area (Å²) in [6, 6.07) is 20.0. The molecule has 0 amide bonds. The highest BCUT2D eigenvalue weighted by Gasteiger charge is 2.27. The number of rotatable bonds is 5. The van der Waals surface area contributed by atoms with Crippen LogP contribution in [0.2, 0.25) is 0 Å². The van der Waals surface area contributed by atoms with Gasteiger partial charge in [0, 0.05) is 50.5 Å². The van der Waals surface area contributed by atoms with Gasteiger partial charge in [0.1, 0.15) is 0 Å². The second kappa shape index (κ2) is 10.3. The molecule has 0 saturated carbocycles. The molecule has 184 valence electrons. The van der Waals surface area contributed by atoms with E-state index in [1.54, 1.807) is 10.4 Å². The SMILES string of the molecule is Cc1ccc(-c2ccc(N3CCN(c4ccccc4)CC3)nn2)cc1S(=O)(=O)N1CCCCCC1. The summed E-state index contributed by atoms with van der Waals surface area (Å²) in [5, 5.41) is 8.96. The van der Waals surface area contributed by atoms with E-state index in [1.165, 1.54) is 5.69 Å². The molecule has 0 N–H and O–H groups in total. The maximum atomic E-state index is 13.4. The molecule has 2 aromatic carbocycles. The van der Waals surface area contributed by atoms with E-state index in [9.17, 15) is 8.42 Å². The number of para-hydroxylation sites is 1. The van der Waals surface area contributed by atoms with E-state index in [4.69, 9.17) is 0 Å². The van der Waals surface area contributed by atoms with Crippen molar-refractivity contribution < 1.29 is 8.42 Å². The average molecular weight is 492 g/mol. The van der Waals surface area contributed by atoms with Gasteiger partial charge in [-0.1, -0.05) is 43.2 Å². The third kappa shape index (κ3) is 5.18. The van der Waals surface area contributed by atoms with Crippen molar-refractivity contribution in [2.45, 2.75) is 37.5 Å². The highest BCUT2D eigenvalue weighted by Crippen LogP contribution is 2.28. The second-order valence-corrected chi connectivity index (χ2v) is 11.3. The maximum Gasteiger partial charge on any atom is 0.243 e. The highest BCUT2D eigenvalue weighted by atomic mass is 32.2. The molecule has 3 aromatic rings. The van der Waals surface area contributed by atoms with E-state index in [1.807, 2.05) is 37.3 Å². The maximum absolute atomic E-state index is 13.4. The number of piperazine rings is 1. The number of hydrogen-bond acceptors (Lipinski definition) is 6. The molecule has 5 rings (SSSR count). The molecule has 7 nitrogen and oxygen atoms in total. The monoisotopic (exact) mass is 491 g/mol. The number of nitrogens with zero attached hydrogens (tertiary/aromatic N) is 5. The Morgan fingerprint density at radius 1 is 0.714 bits per heavy atom. The summed E-state index contributed by atoms with van der Waals surface area (Å²) >= 11 is 0. The van der Waals surface area contributed by atoms with Gasteiger partial charge in [-0.25, -0.2) is 8.42 Å². The minimum atomic E-state index is -3.53. The van der Waals surface area contributed by atoms with Crippen molar-refractivity contribution in [3.05, 3.63) is 66.2 Å². The fraction of sp³-hybridized carbons (Fsp3) is 0.407. The topological polar surface area (TPSA) is 69.6 Å². The fourth-order valence-corrected chi connectivity index (χ4v) is 6.71. The van der Waals surface area contributed by atoms with E-state index in [-0.39, 0.29) is 0 Å². The Hall–Kier alpha value is -2.97. The Labute approximate surface area is 208 Å². The van der Waals surface area contributed by atoms with Crippen molar-refractivity contribution in [3.8, 4) is 11.3 Å². The normalized spacial score (nSPS) is 17.9. The van der Waals surface area contributed by atoms with Crippen LogP contribution in [0.15, 0.2) is 65.6 Å². The number of anilines is 2. The first-order chi connectivity index (χ1) is 17.0. The molecule has 0 atom stereocenters. The smallest absolute Gasteiger partial charge is 0.243 e. The Bertz CT molecular complexity index is 1230. The predicted molar refractivity (Wildman–Crippen MR) is 140 cm³/mol. The summed E-state index contributed by atoms with van der Waals surface area (Å²) in [4.78, 5) is 5.01. The quantitative estimate of drug-likeness (QED) is 0.529. The van der Waals surface area contributed by atoms with Gasteiger partial charge in [-0.3, -0.25) is 0 Å². The van der Waals surface area contributed by atoms with Crippen molar-refractivity contribution in [1.82, 2.24) is 14.5 Å². The third-order valence-corrected chi connectivity index (χ3v) is 9.08. The lowest BCUT2D eigenvalue weighted by atomic mass is 10.1. The van der Waals surface area contributed by atoms with Crippen LogP contribution in [0, 0.1) is 6.92 Å². The molecule has 1 aromatic heterocycles. The lowest BCUT2D eigenvalue weighted by Crippen LogP contribution is -2.46. The number of hydrogen-bond donors (Lipinski definition) is 0. The van der Waals surface area contributed by atoms with Gasteiger partial charge in [-0.2, -0.15) is 4.31 Å². The van der Waals surface area contributed by atoms with Crippen molar-refractivity contribution in [2.75, 3.05) is 49.1 Å². The molecule has 2 aliphatic rings. The molecule has 35 heavy (non-hydrogen) atoms. The number of sulfonamides is 1. The van der Waals surface area contributed by atoms with Crippen LogP contribution in [0.1, 0.15) is 31.2 Å². The van der Waals surface area contributed by atoms with Gasteiger partial charge in [0.15, 0.2) is 5.82 Å². The zero-order valence-electron chi connectivity index (χ0n) is 20.3. The molecule has 0 radical (unpaired) electrons. The molecule has 0 spiro atoms. The Balaban J connectivity index is 1.31. The van der Waals surface area contributed by atoms with Crippen molar-refractivity contribution in [1.29, 1.82) is 0 Å².